The normalized spacial score (nSPS) is 10.2. The summed E-state index contributed by atoms with van der Waals surface area (Å²) in [6, 6.07) is 5.31. The van der Waals surface area contributed by atoms with Crippen molar-refractivity contribution >= 4 is 17.4 Å². The van der Waals surface area contributed by atoms with E-state index < -0.39 is 11.0 Å². The van der Waals surface area contributed by atoms with Crippen LogP contribution in [-0.4, -0.2) is 11.0 Å². The van der Waals surface area contributed by atoms with Crippen LogP contribution in [0.4, 0.5) is 16.2 Å². The van der Waals surface area contributed by atoms with E-state index in [1.54, 1.807) is 12.1 Å². The van der Waals surface area contributed by atoms with Gasteiger partial charge in [0.2, 0.25) is 0 Å². The molecule has 0 saturated heterocycles. The quantitative estimate of drug-likeness (QED) is 0.621. The van der Waals surface area contributed by atoms with Gasteiger partial charge in [-0.2, -0.15) is 0 Å². The van der Waals surface area contributed by atoms with Gasteiger partial charge in [0.15, 0.2) is 0 Å². The SMILES string of the molecule is CC/C=C/NC(=O)Nc1cccc([N+](=O)[O-])c1. The summed E-state index contributed by atoms with van der Waals surface area (Å²) < 4.78 is 0. The number of allylic oxidation sites excluding steroid dienone is 1. The molecule has 1 aromatic carbocycles. The van der Waals surface area contributed by atoms with Gasteiger partial charge in [0, 0.05) is 24.0 Å². The van der Waals surface area contributed by atoms with E-state index in [0.29, 0.717) is 5.69 Å². The van der Waals surface area contributed by atoms with Gasteiger partial charge in [-0.3, -0.25) is 10.1 Å². The molecule has 6 heteroatoms. The number of carbonyl (C=O) groups is 1. The van der Waals surface area contributed by atoms with Crippen molar-refractivity contribution in [2.24, 2.45) is 0 Å². The molecule has 2 amide bonds. The summed E-state index contributed by atoms with van der Waals surface area (Å²) in [4.78, 5) is 21.3. The number of non-ortho nitro benzene ring substituents is 1. The molecule has 0 bridgehead atoms. The molecule has 6 nitrogen and oxygen atoms in total. The maximum absolute atomic E-state index is 11.3. The van der Waals surface area contributed by atoms with Crippen LogP contribution in [0.3, 0.4) is 0 Å². The summed E-state index contributed by atoms with van der Waals surface area (Å²) in [6.45, 7) is 1.94. The predicted molar refractivity (Wildman–Crippen MR) is 64.7 cm³/mol. The number of urea groups is 1. The molecule has 0 spiro atoms. The minimum atomic E-state index is -0.514. The molecule has 0 aliphatic carbocycles. The highest BCUT2D eigenvalue weighted by Crippen LogP contribution is 2.16. The van der Waals surface area contributed by atoms with Crippen molar-refractivity contribution in [3.8, 4) is 0 Å². The van der Waals surface area contributed by atoms with Gasteiger partial charge < -0.3 is 10.6 Å². The van der Waals surface area contributed by atoms with E-state index in [1.165, 1.54) is 24.4 Å². The number of nitro groups is 1. The Morgan fingerprint density at radius 1 is 1.53 bits per heavy atom. The van der Waals surface area contributed by atoms with Crippen LogP contribution in [0.15, 0.2) is 36.5 Å². The smallest absolute Gasteiger partial charge is 0.315 e. The maximum atomic E-state index is 11.3. The Hall–Kier alpha value is -2.37. The molecule has 1 aromatic rings. The average Bonchev–Trinajstić information content (AvgIpc) is 2.29. The molecule has 0 atom stereocenters. The van der Waals surface area contributed by atoms with Crippen LogP contribution >= 0.6 is 0 Å². The topological polar surface area (TPSA) is 84.3 Å². The van der Waals surface area contributed by atoms with Crippen LogP contribution in [0.25, 0.3) is 0 Å². The lowest BCUT2D eigenvalue weighted by Crippen LogP contribution is -2.23. The molecule has 0 heterocycles. The largest absolute Gasteiger partial charge is 0.323 e. The summed E-state index contributed by atoms with van der Waals surface area (Å²) in [5, 5.41) is 15.5. The maximum Gasteiger partial charge on any atom is 0.323 e. The Morgan fingerprint density at radius 3 is 2.94 bits per heavy atom. The minimum absolute atomic E-state index is 0.0631. The van der Waals surface area contributed by atoms with Gasteiger partial charge in [0.05, 0.1) is 4.92 Å². The van der Waals surface area contributed by atoms with Gasteiger partial charge in [-0.05, 0) is 12.5 Å². The standard InChI is InChI=1S/C11H13N3O3/c1-2-3-7-12-11(15)13-9-5-4-6-10(8-9)14(16)17/h3-8H,2H2,1H3,(H2,12,13,15)/b7-3+. The monoisotopic (exact) mass is 235 g/mol. The van der Waals surface area contributed by atoms with Gasteiger partial charge in [-0.1, -0.05) is 19.1 Å². The number of amides is 2. The molecule has 0 saturated carbocycles. The zero-order valence-corrected chi connectivity index (χ0v) is 9.34. The molecule has 0 aliphatic rings. The number of carbonyl (C=O) groups excluding carboxylic acids is 1. The van der Waals surface area contributed by atoms with Crippen molar-refractivity contribution in [3.05, 3.63) is 46.7 Å². The first-order chi connectivity index (χ1) is 8.13. The third kappa shape index (κ3) is 4.33. The van der Waals surface area contributed by atoms with Crippen molar-refractivity contribution in [3.63, 3.8) is 0 Å². The fraction of sp³-hybridized carbons (Fsp3) is 0.182. The Balaban J connectivity index is 2.62. The van der Waals surface area contributed by atoms with Crippen molar-refractivity contribution in [2.45, 2.75) is 13.3 Å². The molecule has 2 N–H and O–H groups in total. The van der Waals surface area contributed by atoms with Gasteiger partial charge in [-0.15, -0.1) is 0 Å². The first-order valence-electron chi connectivity index (χ1n) is 5.10. The second-order valence-electron chi connectivity index (χ2n) is 3.22. The molecule has 0 aliphatic heterocycles. The lowest BCUT2D eigenvalue weighted by atomic mass is 10.3. The highest BCUT2D eigenvalue weighted by Gasteiger charge is 2.06. The van der Waals surface area contributed by atoms with Crippen LogP contribution in [0.1, 0.15) is 13.3 Å². The van der Waals surface area contributed by atoms with Gasteiger partial charge in [0.1, 0.15) is 0 Å². The Morgan fingerprint density at radius 2 is 2.29 bits per heavy atom. The van der Waals surface area contributed by atoms with E-state index >= 15 is 0 Å². The van der Waals surface area contributed by atoms with Crippen LogP contribution < -0.4 is 10.6 Å². The van der Waals surface area contributed by atoms with Crippen LogP contribution in [0.5, 0.6) is 0 Å². The summed E-state index contributed by atoms with van der Waals surface area (Å²) >= 11 is 0. The summed E-state index contributed by atoms with van der Waals surface area (Å²) in [7, 11) is 0. The third-order valence-corrected chi connectivity index (χ3v) is 1.88. The van der Waals surface area contributed by atoms with Crippen molar-refractivity contribution in [1.82, 2.24) is 5.32 Å². The van der Waals surface area contributed by atoms with Gasteiger partial charge >= 0.3 is 6.03 Å². The number of hydrogen-bond acceptors (Lipinski definition) is 3. The number of nitro benzene ring substituents is 1. The number of nitrogens with one attached hydrogen (secondary N) is 2. The van der Waals surface area contributed by atoms with Crippen LogP contribution in [0, 0.1) is 10.1 Å². The highest BCUT2D eigenvalue weighted by molar-refractivity contribution is 5.90. The van der Waals surface area contributed by atoms with Crippen molar-refractivity contribution in [2.75, 3.05) is 5.32 Å². The van der Waals surface area contributed by atoms with E-state index in [4.69, 9.17) is 0 Å². The molecular weight excluding hydrogens is 222 g/mol. The van der Waals surface area contributed by atoms with Crippen molar-refractivity contribution in [1.29, 1.82) is 0 Å². The Labute approximate surface area is 98.5 Å². The van der Waals surface area contributed by atoms with E-state index in [2.05, 4.69) is 10.6 Å². The number of rotatable bonds is 4. The first kappa shape index (κ1) is 12.7. The van der Waals surface area contributed by atoms with Crippen LogP contribution in [-0.2, 0) is 0 Å². The van der Waals surface area contributed by atoms with E-state index in [0.717, 1.165) is 6.42 Å². The molecule has 1 rings (SSSR count). The third-order valence-electron chi connectivity index (χ3n) is 1.88. The summed E-state index contributed by atoms with van der Waals surface area (Å²) in [6.07, 6.45) is 4.12. The first-order valence-corrected chi connectivity index (χ1v) is 5.10. The van der Waals surface area contributed by atoms with Gasteiger partial charge in [0.25, 0.3) is 5.69 Å². The molecule has 0 unspecified atom stereocenters. The van der Waals surface area contributed by atoms with Gasteiger partial charge in [-0.25, -0.2) is 4.79 Å². The molecule has 0 fully saturated rings. The number of nitrogens with zero attached hydrogens (tertiary/aromatic N) is 1. The molecule has 17 heavy (non-hydrogen) atoms. The lowest BCUT2D eigenvalue weighted by Gasteiger charge is -2.03. The van der Waals surface area contributed by atoms with Crippen molar-refractivity contribution < 1.29 is 9.72 Å². The molecule has 0 aromatic heterocycles. The zero-order chi connectivity index (χ0) is 12.7. The van der Waals surface area contributed by atoms with E-state index in [-0.39, 0.29) is 5.69 Å². The number of anilines is 1. The molecule has 90 valence electrons. The van der Waals surface area contributed by atoms with E-state index in [1.807, 2.05) is 6.92 Å². The summed E-state index contributed by atoms with van der Waals surface area (Å²) in [5.74, 6) is 0. The second kappa shape index (κ2) is 6.26. The van der Waals surface area contributed by atoms with E-state index in [9.17, 15) is 14.9 Å². The number of benzene rings is 1. The second-order valence-corrected chi connectivity index (χ2v) is 3.22. The van der Waals surface area contributed by atoms with Crippen LogP contribution in [0.2, 0.25) is 0 Å². The predicted octanol–water partition coefficient (Wildman–Crippen LogP) is 2.64. The fourth-order valence-electron chi connectivity index (χ4n) is 1.12. The molecular formula is C11H13N3O3. The Bertz CT molecular complexity index is 443. The lowest BCUT2D eigenvalue weighted by molar-refractivity contribution is -0.384. The minimum Gasteiger partial charge on any atom is -0.315 e. The average molecular weight is 235 g/mol. The molecule has 0 radical (unpaired) electrons. The Kier molecular flexibility index (Phi) is 4.68. The summed E-state index contributed by atoms with van der Waals surface area (Å²) in [5.41, 5.74) is 0.313. The number of hydrogen-bond donors (Lipinski definition) is 2. The highest BCUT2D eigenvalue weighted by atomic mass is 16.6. The fourth-order valence-corrected chi connectivity index (χ4v) is 1.12. The zero-order valence-electron chi connectivity index (χ0n) is 9.34.